The SMILES string of the molecule is CCCCC1=CC(CCCN(C)CCc2ccc(OC)c(OC)c2)(C(C)C)C(CC=O)C=C1. The number of methoxy groups -OCH3 is 2. The Hall–Kier alpha value is -2.07. The molecule has 0 fully saturated rings. The van der Waals surface area contributed by atoms with Gasteiger partial charge < -0.3 is 19.2 Å². The highest BCUT2D eigenvalue weighted by molar-refractivity contribution is 5.51. The third-order valence-electron chi connectivity index (χ3n) is 7.31. The van der Waals surface area contributed by atoms with Gasteiger partial charge in [-0.1, -0.05) is 57.1 Å². The van der Waals surface area contributed by atoms with Crippen molar-refractivity contribution in [3.8, 4) is 11.5 Å². The van der Waals surface area contributed by atoms with Crippen LogP contribution in [0.3, 0.4) is 0 Å². The maximum absolute atomic E-state index is 11.4. The van der Waals surface area contributed by atoms with Gasteiger partial charge in [0.2, 0.25) is 0 Å². The number of nitrogens with zero attached hydrogens (tertiary/aromatic N) is 1. The minimum absolute atomic E-state index is 0.0723. The molecule has 33 heavy (non-hydrogen) atoms. The quantitative estimate of drug-likeness (QED) is 0.283. The van der Waals surface area contributed by atoms with Gasteiger partial charge in [-0.25, -0.2) is 0 Å². The summed E-state index contributed by atoms with van der Waals surface area (Å²) in [7, 11) is 5.55. The van der Waals surface area contributed by atoms with E-state index in [1.165, 1.54) is 24.0 Å². The molecule has 2 rings (SSSR count). The standard InChI is InChI=1S/C29H45NO3/c1-7-8-10-25-11-13-26(16-20-31)29(22-25,23(2)3)17-9-18-30(4)19-15-24-12-14-27(32-5)28(21-24)33-6/h11-14,20-23,26H,7-10,15-19H2,1-6H3. The average Bonchev–Trinajstić information content (AvgIpc) is 2.82. The Morgan fingerprint density at radius 1 is 1.09 bits per heavy atom. The fourth-order valence-corrected chi connectivity index (χ4v) is 5.12. The highest BCUT2D eigenvalue weighted by Crippen LogP contribution is 2.47. The smallest absolute Gasteiger partial charge is 0.160 e. The summed E-state index contributed by atoms with van der Waals surface area (Å²) in [6.45, 7) is 8.95. The molecule has 4 heteroatoms. The minimum Gasteiger partial charge on any atom is -0.493 e. The molecule has 1 aromatic rings. The molecule has 0 spiro atoms. The van der Waals surface area contributed by atoms with Crippen LogP contribution in [-0.2, 0) is 11.2 Å². The van der Waals surface area contributed by atoms with Gasteiger partial charge >= 0.3 is 0 Å². The molecule has 0 amide bonds. The zero-order valence-electron chi connectivity index (χ0n) is 21.7. The van der Waals surface area contributed by atoms with Crippen molar-refractivity contribution in [3.63, 3.8) is 0 Å². The van der Waals surface area contributed by atoms with Crippen molar-refractivity contribution in [3.05, 3.63) is 47.6 Å². The second kappa shape index (κ2) is 13.6. The Kier molecular flexibility index (Phi) is 11.2. The first kappa shape index (κ1) is 27.2. The topological polar surface area (TPSA) is 38.8 Å². The third kappa shape index (κ3) is 7.46. The molecule has 1 aliphatic rings. The Labute approximate surface area is 202 Å². The Morgan fingerprint density at radius 2 is 1.85 bits per heavy atom. The number of likely N-dealkylation sites (N-methyl/N-ethyl adjacent to an activating group) is 1. The molecule has 184 valence electrons. The molecular weight excluding hydrogens is 410 g/mol. The van der Waals surface area contributed by atoms with Gasteiger partial charge in [0.15, 0.2) is 11.5 Å². The van der Waals surface area contributed by atoms with Gasteiger partial charge in [-0.3, -0.25) is 0 Å². The van der Waals surface area contributed by atoms with Crippen molar-refractivity contribution in [1.82, 2.24) is 4.90 Å². The molecule has 0 heterocycles. The largest absolute Gasteiger partial charge is 0.493 e. The second-order valence-electron chi connectivity index (χ2n) is 9.80. The van der Waals surface area contributed by atoms with Crippen molar-refractivity contribution in [2.24, 2.45) is 17.3 Å². The average molecular weight is 456 g/mol. The summed E-state index contributed by atoms with van der Waals surface area (Å²) in [6, 6.07) is 6.16. The lowest BCUT2D eigenvalue weighted by molar-refractivity contribution is -0.109. The molecule has 0 aromatic heterocycles. The molecule has 0 N–H and O–H groups in total. The van der Waals surface area contributed by atoms with E-state index >= 15 is 0 Å². The summed E-state index contributed by atoms with van der Waals surface area (Å²) in [5.74, 6) is 2.36. The number of ether oxygens (including phenoxy) is 2. The lowest BCUT2D eigenvalue weighted by Crippen LogP contribution is -2.36. The molecule has 4 nitrogen and oxygen atoms in total. The molecule has 0 saturated heterocycles. The van der Waals surface area contributed by atoms with Crippen molar-refractivity contribution in [1.29, 1.82) is 0 Å². The Morgan fingerprint density at radius 3 is 2.48 bits per heavy atom. The molecule has 1 aliphatic carbocycles. The van der Waals surface area contributed by atoms with Crippen LogP contribution in [-0.4, -0.2) is 45.5 Å². The van der Waals surface area contributed by atoms with Gasteiger partial charge in [-0.15, -0.1) is 0 Å². The molecule has 2 atom stereocenters. The summed E-state index contributed by atoms with van der Waals surface area (Å²) in [4.78, 5) is 13.9. The van der Waals surface area contributed by atoms with Crippen LogP contribution in [0.2, 0.25) is 0 Å². The molecule has 0 bridgehead atoms. The molecule has 0 radical (unpaired) electrons. The zero-order chi connectivity index (χ0) is 24.3. The van der Waals surface area contributed by atoms with Gasteiger partial charge in [0, 0.05) is 13.0 Å². The van der Waals surface area contributed by atoms with E-state index < -0.39 is 0 Å². The van der Waals surface area contributed by atoms with Crippen molar-refractivity contribution < 1.29 is 14.3 Å². The first-order valence-electron chi connectivity index (χ1n) is 12.6. The second-order valence-corrected chi connectivity index (χ2v) is 9.80. The maximum Gasteiger partial charge on any atom is 0.160 e. The summed E-state index contributed by atoms with van der Waals surface area (Å²) in [6.07, 6.45) is 15.6. The third-order valence-corrected chi connectivity index (χ3v) is 7.31. The van der Waals surface area contributed by atoms with Crippen LogP contribution >= 0.6 is 0 Å². The lowest BCUT2D eigenvalue weighted by Gasteiger charge is -2.43. The van der Waals surface area contributed by atoms with Gasteiger partial charge in [0.25, 0.3) is 0 Å². The van der Waals surface area contributed by atoms with Crippen LogP contribution in [0.5, 0.6) is 11.5 Å². The zero-order valence-corrected chi connectivity index (χ0v) is 21.7. The van der Waals surface area contributed by atoms with E-state index in [0.29, 0.717) is 18.3 Å². The monoisotopic (exact) mass is 455 g/mol. The highest BCUT2D eigenvalue weighted by atomic mass is 16.5. The maximum atomic E-state index is 11.4. The van der Waals surface area contributed by atoms with Crippen LogP contribution in [0.25, 0.3) is 0 Å². The number of unbranched alkanes of at least 4 members (excludes halogenated alkanes) is 1. The van der Waals surface area contributed by atoms with Gasteiger partial charge in [0.05, 0.1) is 14.2 Å². The number of rotatable bonds is 15. The Balaban J connectivity index is 1.98. The van der Waals surface area contributed by atoms with Crippen LogP contribution < -0.4 is 9.47 Å². The number of hydrogen-bond acceptors (Lipinski definition) is 4. The summed E-state index contributed by atoms with van der Waals surface area (Å²) in [5, 5.41) is 0. The minimum atomic E-state index is 0.0723. The first-order chi connectivity index (χ1) is 15.9. The number of carbonyl (C=O) groups excluding carboxylic acids is 1. The lowest BCUT2D eigenvalue weighted by atomic mass is 9.61. The van der Waals surface area contributed by atoms with Crippen molar-refractivity contribution >= 4 is 6.29 Å². The summed E-state index contributed by atoms with van der Waals surface area (Å²) in [5.41, 5.74) is 2.78. The van der Waals surface area contributed by atoms with Crippen molar-refractivity contribution in [2.75, 3.05) is 34.4 Å². The van der Waals surface area contributed by atoms with Gasteiger partial charge in [-0.2, -0.15) is 0 Å². The van der Waals surface area contributed by atoms with Crippen LogP contribution in [0.4, 0.5) is 0 Å². The predicted octanol–water partition coefficient (Wildman–Crippen LogP) is 6.49. The highest BCUT2D eigenvalue weighted by Gasteiger charge is 2.39. The van der Waals surface area contributed by atoms with E-state index in [9.17, 15) is 4.79 Å². The Bertz CT molecular complexity index is 798. The molecule has 0 aliphatic heterocycles. The van der Waals surface area contributed by atoms with E-state index in [2.05, 4.69) is 63.1 Å². The van der Waals surface area contributed by atoms with E-state index in [4.69, 9.17) is 9.47 Å². The van der Waals surface area contributed by atoms with E-state index in [1.54, 1.807) is 14.2 Å². The fourth-order valence-electron chi connectivity index (χ4n) is 5.12. The summed E-state index contributed by atoms with van der Waals surface area (Å²) >= 11 is 0. The molecular formula is C29H45NO3. The van der Waals surface area contributed by atoms with Crippen LogP contribution in [0, 0.1) is 17.3 Å². The molecule has 1 aromatic carbocycles. The molecule has 2 unspecified atom stereocenters. The number of benzene rings is 1. The number of allylic oxidation sites excluding steroid dienone is 4. The predicted molar refractivity (Wildman–Crippen MR) is 138 cm³/mol. The number of carbonyl (C=O) groups is 1. The first-order valence-corrected chi connectivity index (χ1v) is 12.6. The summed E-state index contributed by atoms with van der Waals surface area (Å²) < 4.78 is 10.8. The van der Waals surface area contributed by atoms with Crippen molar-refractivity contribution in [2.45, 2.75) is 65.7 Å². The van der Waals surface area contributed by atoms with Crippen LogP contribution in [0.15, 0.2) is 42.0 Å². The number of aldehydes is 1. The van der Waals surface area contributed by atoms with E-state index in [0.717, 1.165) is 56.6 Å². The van der Waals surface area contributed by atoms with Crippen LogP contribution in [0.1, 0.15) is 64.9 Å². The fraction of sp³-hybridized carbons (Fsp3) is 0.621. The normalized spacial score (nSPS) is 20.2. The van der Waals surface area contributed by atoms with E-state index in [-0.39, 0.29) is 5.41 Å². The van der Waals surface area contributed by atoms with E-state index in [1.807, 2.05) is 6.07 Å². The number of hydrogen-bond donors (Lipinski definition) is 0. The van der Waals surface area contributed by atoms with Gasteiger partial charge in [0.1, 0.15) is 6.29 Å². The van der Waals surface area contributed by atoms with Gasteiger partial charge in [-0.05, 0) is 80.6 Å². The molecule has 0 saturated carbocycles.